The number of hydrogen-bond acceptors (Lipinski definition) is 13. The van der Waals surface area contributed by atoms with Crippen LogP contribution in [0.5, 0.6) is 0 Å². The number of aliphatic imine (C=N–C) groups is 2. The summed E-state index contributed by atoms with van der Waals surface area (Å²) in [4.78, 5) is 136. The lowest BCUT2D eigenvalue weighted by Gasteiger charge is -2.32. The van der Waals surface area contributed by atoms with Crippen molar-refractivity contribution < 1.29 is 53.4 Å². The number of hydrogen-bond donors (Lipinski definition) is 12. The van der Waals surface area contributed by atoms with Crippen LogP contribution in [0, 0.1) is 0 Å². The number of guanidine groups is 2. The lowest BCUT2D eigenvalue weighted by molar-refractivity contribution is -0.147. The Morgan fingerprint density at radius 3 is 1.60 bits per heavy atom. The highest BCUT2D eigenvalue weighted by molar-refractivity contribution is 5.98. The number of likely N-dealkylation sites (N-methyl/N-ethyl adjacent to an activating group) is 1. The van der Waals surface area contributed by atoms with Crippen LogP contribution in [0.25, 0.3) is 0 Å². The van der Waals surface area contributed by atoms with Crippen LogP contribution in [-0.2, 0) is 62.4 Å². The minimum absolute atomic E-state index is 0.0457. The van der Waals surface area contributed by atoms with Gasteiger partial charge in [-0.15, -0.1) is 0 Å². The molecule has 0 bridgehead atoms. The predicted octanol–water partition coefficient (Wildman–Crippen LogP) is -2.91. The van der Waals surface area contributed by atoms with Gasteiger partial charge in [0.15, 0.2) is 11.9 Å². The second-order valence-corrected chi connectivity index (χ2v) is 20.0. The molecule has 0 radical (unpaired) electrons. The number of amides is 8. The number of carboxylic acid groups (broad SMARTS) is 1. The Balaban J connectivity index is 1.28. The van der Waals surface area contributed by atoms with E-state index in [9.17, 15) is 53.4 Å². The molecule has 438 valence electrons. The summed E-state index contributed by atoms with van der Waals surface area (Å²) in [6, 6.07) is 16.1. The molecule has 26 heteroatoms. The average molecular weight is 1120 g/mol. The van der Waals surface area contributed by atoms with Gasteiger partial charge in [0.1, 0.15) is 42.3 Å². The molecule has 2 heterocycles. The van der Waals surface area contributed by atoms with Crippen molar-refractivity contribution in [2.24, 2.45) is 38.7 Å². The predicted molar refractivity (Wildman–Crippen MR) is 300 cm³/mol. The van der Waals surface area contributed by atoms with Crippen molar-refractivity contribution in [1.82, 2.24) is 41.3 Å². The maximum atomic E-state index is 14.6. The lowest BCUT2D eigenvalue weighted by atomic mass is 10.0. The molecule has 2 aliphatic rings. The number of rotatable bonds is 30. The van der Waals surface area contributed by atoms with Crippen LogP contribution in [0.4, 0.5) is 0 Å². The Kier molecular flexibility index (Phi) is 24.8. The molecule has 0 unspecified atom stereocenters. The summed E-state index contributed by atoms with van der Waals surface area (Å²) in [7, 11) is 1.29. The number of likely N-dealkylation sites (tertiary alicyclic amines) is 2. The van der Waals surface area contributed by atoms with Crippen molar-refractivity contribution >= 4 is 65.1 Å². The van der Waals surface area contributed by atoms with Crippen LogP contribution >= 0.6 is 0 Å². The minimum Gasteiger partial charge on any atom is -0.480 e. The molecule has 0 aliphatic carbocycles. The molecule has 5 rings (SSSR count). The number of nitrogens with two attached hydrogens (primary N) is 5. The van der Waals surface area contributed by atoms with E-state index in [1.165, 1.54) is 16.8 Å². The van der Waals surface area contributed by atoms with E-state index in [4.69, 9.17) is 28.7 Å². The largest absolute Gasteiger partial charge is 0.480 e. The van der Waals surface area contributed by atoms with Gasteiger partial charge < -0.3 is 80.2 Å². The van der Waals surface area contributed by atoms with Crippen LogP contribution in [0.15, 0.2) is 101 Å². The summed E-state index contributed by atoms with van der Waals surface area (Å²) < 4.78 is 0. The van der Waals surface area contributed by atoms with Gasteiger partial charge in [0.25, 0.3) is 0 Å². The number of aliphatic carboxylic acids is 1. The minimum atomic E-state index is -1.68. The van der Waals surface area contributed by atoms with Gasteiger partial charge in [0.2, 0.25) is 47.3 Å². The van der Waals surface area contributed by atoms with Gasteiger partial charge in [-0.2, -0.15) is 0 Å². The molecule has 26 nitrogen and oxygen atoms in total. The van der Waals surface area contributed by atoms with Crippen LogP contribution < -0.4 is 55.3 Å². The third-order valence-corrected chi connectivity index (χ3v) is 14.0. The van der Waals surface area contributed by atoms with Crippen molar-refractivity contribution in [3.8, 4) is 0 Å². The Hall–Kier alpha value is -8.65. The fourth-order valence-electron chi connectivity index (χ4n) is 9.69. The number of carbonyl (C=O) groups excluding carboxylic acids is 8. The first kappa shape index (κ1) is 63.2. The van der Waals surface area contributed by atoms with Crippen LogP contribution in [0.2, 0.25) is 0 Å². The van der Waals surface area contributed by atoms with Gasteiger partial charge in [0.05, 0.1) is 19.2 Å². The van der Waals surface area contributed by atoms with Crippen molar-refractivity contribution in [2.75, 3.05) is 46.4 Å². The third kappa shape index (κ3) is 19.6. The fraction of sp³-hybridized carbons (Fsp3) is 0.473. The first-order valence-corrected chi connectivity index (χ1v) is 26.9. The van der Waals surface area contributed by atoms with Crippen molar-refractivity contribution in [1.29, 1.82) is 0 Å². The molecular formula is C55H77N15O11. The molecule has 3 aromatic rings. The molecular weight excluding hydrogens is 1050 g/mol. The Bertz CT molecular complexity index is 2680. The summed E-state index contributed by atoms with van der Waals surface area (Å²) in [5.74, 6) is -7.27. The second-order valence-electron chi connectivity index (χ2n) is 20.0. The number of aliphatic hydroxyl groups is 1. The van der Waals surface area contributed by atoms with Crippen LogP contribution in [0.1, 0.15) is 68.1 Å². The van der Waals surface area contributed by atoms with E-state index in [1.54, 1.807) is 91.0 Å². The normalized spacial score (nSPS) is 16.9. The third-order valence-electron chi connectivity index (χ3n) is 14.0. The van der Waals surface area contributed by atoms with E-state index in [0.29, 0.717) is 61.8 Å². The highest BCUT2D eigenvalue weighted by Crippen LogP contribution is 2.26. The smallest absolute Gasteiger partial charge is 0.326 e. The SMILES string of the molecule is CN(C(=O)[C@H](CO)NC(=O)[C@H](Cc1ccccc1)NC(=O)CNC(=O)[C@@H]1CCCN1C(=O)[C@@H]1CCCN1C(=O)[C@H](N)CCCN=C(N)N)[C@@H](Cc1ccccc1)C(=O)N[C@@H](Cc1ccccc1)C(=O)N[C@@H](CCCN=C(N)N)C(=O)O. The number of carbonyl (C=O) groups is 9. The van der Waals surface area contributed by atoms with E-state index in [1.807, 2.05) is 0 Å². The Morgan fingerprint density at radius 2 is 1.09 bits per heavy atom. The number of aliphatic hydroxyl groups excluding tert-OH is 1. The van der Waals surface area contributed by atoms with Crippen LogP contribution in [0.3, 0.4) is 0 Å². The van der Waals surface area contributed by atoms with E-state index < -0.39 is 115 Å². The van der Waals surface area contributed by atoms with Gasteiger partial charge in [0, 0.05) is 52.5 Å². The average Bonchev–Trinajstić information content (AvgIpc) is 4.18. The van der Waals surface area contributed by atoms with Crippen molar-refractivity contribution in [2.45, 2.75) is 119 Å². The van der Waals surface area contributed by atoms with Gasteiger partial charge in [-0.25, -0.2) is 4.79 Å². The highest BCUT2D eigenvalue weighted by atomic mass is 16.4. The fourth-order valence-corrected chi connectivity index (χ4v) is 9.69. The second kappa shape index (κ2) is 31.8. The topological polar surface area (TPSA) is 419 Å². The molecule has 8 amide bonds. The summed E-state index contributed by atoms with van der Waals surface area (Å²) in [5, 5.41) is 33.6. The molecule has 0 saturated carbocycles. The number of nitrogens with zero attached hydrogens (tertiary/aromatic N) is 5. The lowest BCUT2D eigenvalue weighted by Crippen LogP contribution is -2.61. The van der Waals surface area contributed by atoms with Gasteiger partial charge in [-0.1, -0.05) is 91.0 Å². The maximum absolute atomic E-state index is 14.6. The molecule has 2 aliphatic heterocycles. The quantitative estimate of drug-likeness (QED) is 0.0181. The van der Waals surface area contributed by atoms with E-state index in [0.717, 1.165) is 4.90 Å². The summed E-state index contributed by atoms with van der Waals surface area (Å²) >= 11 is 0. The van der Waals surface area contributed by atoms with E-state index in [2.05, 4.69) is 36.6 Å². The molecule has 81 heavy (non-hydrogen) atoms. The standard InChI is InChI=1S/C55H77N15O11/c1-68(44(31-36-19-9-4-10-20-36)49(76)66-40(30-35-17-7-3-8-18-35)47(74)65-38(53(80)81)22-12-26-62-55(59)60)51(78)41(33-71)67-46(73)39(29-34-15-5-2-6-16-34)64-45(72)32-63-48(75)42-23-13-27-69(42)52(79)43-24-14-28-70(43)50(77)37(56)21-11-25-61-54(57)58/h2-10,15-20,37-44,71H,11-14,21-33,56H2,1H3,(H,63,75)(H,64,72)(H,65,74)(H,66,76)(H,67,73)(H,80,81)(H4,57,58,61)(H4,59,60,62)/t37-,38+,39+,40+,41+,42+,43+,44+/m1/s1. The number of carboxylic acids is 1. The molecule has 2 fully saturated rings. The summed E-state index contributed by atoms with van der Waals surface area (Å²) in [5.41, 5.74) is 29.6. The monoisotopic (exact) mass is 1120 g/mol. The molecule has 0 spiro atoms. The van der Waals surface area contributed by atoms with Gasteiger partial charge in [-0.05, 0) is 68.1 Å². The molecule has 8 atom stereocenters. The zero-order chi connectivity index (χ0) is 59.0. The molecule has 3 aromatic carbocycles. The number of benzene rings is 3. The van der Waals surface area contributed by atoms with Gasteiger partial charge in [-0.3, -0.25) is 48.3 Å². The molecule has 0 aromatic heterocycles. The first-order chi connectivity index (χ1) is 38.8. The van der Waals surface area contributed by atoms with E-state index in [-0.39, 0.29) is 63.7 Å². The van der Waals surface area contributed by atoms with Gasteiger partial charge >= 0.3 is 5.97 Å². The first-order valence-electron chi connectivity index (χ1n) is 26.9. The van der Waals surface area contributed by atoms with E-state index >= 15 is 0 Å². The van der Waals surface area contributed by atoms with Crippen molar-refractivity contribution in [3.05, 3.63) is 108 Å². The molecule has 2 saturated heterocycles. The Morgan fingerprint density at radius 1 is 0.617 bits per heavy atom. The zero-order valence-corrected chi connectivity index (χ0v) is 45.5. The van der Waals surface area contributed by atoms with Crippen LogP contribution in [-0.4, -0.2) is 185 Å². The Labute approximate surface area is 470 Å². The maximum Gasteiger partial charge on any atom is 0.326 e. The highest BCUT2D eigenvalue weighted by Gasteiger charge is 2.43. The zero-order valence-electron chi connectivity index (χ0n) is 45.5. The molecule has 17 N–H and O–H groups in total. The summed E-state index contributed by atoms with van der Waals surface area (Å²) in [6.45, 7) is -0.611. The summed E-state index contributed by atoms with van der Waals surface area (Å²) in [6.07, 6.45) is 2.34. The number of nitrogens with one attached hydrogen (secondary N) is 5. The van der Waals surface area contributed by atoms with Crippen molar-refractivity contribution in [3.63, 3.8) is 0 Å².